The van der Waals surface area contributed by atoms with Crippen molar-refractivity contribution >= 4 is 11.6 Å². The predicted octanol–water partition coefficient (Wildman–Crippen LogP) is 6.83. The molecule has 0 fully saturated rings. The van der Waals surface area contributed by atoms with Gasteiger partial charge in [0.1, 0.15) is 0 Å². The van der Waals surface area contributed by atoms with Crippen LogP contribution in [0.5, 0.6) is 0 Å². The third-order valence-electron chi connectivity index (χ3n) is 5.48. The Hall–Kier alpha value is -3.00. The Balaban J connectivity index is 1.67. The molecule has 0 aliphatic rings. The second-order valence-corrected chi connectivity index (χ2v) is 7.84. The Kier molecular flexibility index (Phi) is 7.73. The third kappa shape index (κ3) is 5.54. The molecule has 3 aromatic rings. The van der Waals surface area contributed by atoms with Crippen LogP contribution in [0.15, 0.2) is 72.8 Å². The Morgan fingerprint density at radius 2 is 0.767 bits per heavy atom. The van der Waals surface area contributed by atoms with Crippen molar-refractivity contribution in [1.29, 1.82) is 0 Å². The minimum absolute atomic E-state index is 0.0173. The minimum atomic E-state index is -0.0173. The van der Waals surface area contributed by atoms with Gasteiger partial charge in [0.05, 0.1) is 0 Å². The van der Waals surface area contributed by atoms with Crippen LogP contribution in [0.1, 0.15) is 82.5 Å². The fourth-order valence-corrected chi connectivity index (χ4v) is 3.51. The second kappa shape index (κ2) is 10.7. The first kappa shape index (κ1) is 21.7. The lowest BCUT2D eigenvalue weighted by Gasteiger charge is -2.06. The summed E-state index contributed by atoms with van der Waals surface area (Å²) in [4.78, 5) is 25.5. The summed E-state index contributed by atoms with van der Waals surface area (Å²) in [5, 5.41) is 0. The van der Waals surface area contributed by atoms with Crippen molar-refractivity contribution in [3.63, 3.8) is 0 Å². The number of hydrogen-bond acceptors (Lipinski definition) is 2. The van der Waals surface area contributed by atoms with Gasteiger partial charge in [0, 0.05) is 22.3 Å². The summed E-state index contributed by atoms with van der Waals surface area (Å²) in [6.45, 7) is 4.35. The molecule has 0 heterocycles. The van der Waals surface area contributed by atoms with Gasteiger partial charge in [0.2, 0.25) is 0 Å². The largest absolute Gasteiger partial charge is 0.289 e. The van der Waals surface area contributed by atoms with Gasteiger partial charge in [-0.1, -0.05) is 99.5 Å². The van der Waals surface area contributed by atoms with Crippen molar-refractivity contribution in [2.75, 3.05) is 0 Å². The van der Waals surface area contributed by atoms with Gasteiger partial charge < -0.3 is 0 Å². The first-order chi connectivity index (χ1) is 14.6. The maximum atomic E-state index is 12.8. The first-order valence-corrected chi connectivity index (χ1v) is 11.0. The topological polar surface area (TPSA) is 34.1 Å². The predicted molar refractivity (Wildman–Crippen MR) is 123 cm³/mol. The summed E-state index contributed by atoms with van der Waals surface area (Å²) in [6, 6.07) is 22.7. The quantitative estimate of drug-likeness (QED) is 0.351. The number of ketones is 2. The molecule has 0 atom stereocenters. The van der Waals surface area contributed by atoms with Crippen molar-refractivity contribution in [2.45, 2.75) is 52.4 Å². The lowest BCUT2D eigenvalue weighted by molar-refractivity contribution is 0.102. The van der Waals surface area contributed by atoms with E-state index >= 15 is 0 Å². The van der Waals surface area contributed by atoms with Crippen molar-refractivity contribution in [1.82, 2.24) is 0 Å². The highest BCUT2D eigenvalue weighted by molar-refractivity contribution is 6.11. The van der Waals surface area contributed by atoms with E-state index in [-0.39, 0.29) is 11.6 Å². The Labute approximate surface area is 180 Å². The van der Waals surface area contributed by atoms with E-state index in [0.29, 0.717) is 22.3 Å². The maximum Gasteiger partial charge on any atom is 0.193 e. The molecule has 154 valence electrons. The molecule has 0 saturated heterocycles. The summed E-state index contributed by atoms with van der Waals surface area (Å²) in [6.07, 6.45) is 6.72. The molecule has 0 radical (unpaired) electrons. The van der Waals surface area contributed by atoms with E-state index < -0.39 is 0 Å². The summed E-state index contributed by atoms with van der Waals surface area (Å²) in [5.74, 6) is -0.0346. The molecule has 0 spiro atoms. The van der Waals surface area contributed by atoms with E-state index in [4.69, 9.17) is 0 Å². The van der Waals surface area contributed by atoms with Crippen molar-refractivity contribution < 1.29 is 9.59 Å². The molecule has 0 aromatic heterocycles. The molecule has 2 heteroatoms. The van der Waals surface area contributed by atoms with Gasteiger partial charge in [-0.2, -0.15) is 0 Å². The van der Waals surface area contributed by atoms with Crippen molar-refractivity contribution in [2.24, 2.45) is 0 Å². The van der Waals surface area contributed by atoms with Gasteiger partial charge in [0.15, 0.2) is 11.6 Å². The molecule has 0 aliphatic heterocycles. The molecule has 0 amide bonds. The normalized spacial score (nSPS) is 10.7. The highest BCUT2D eigenvalue weighted by Gasteiger charge is 2.12. The lowest BCUT2D eigenvalue weighted by atomic mass is 9.97. The molecule has 0 saturated carbocycles. The smallest absolute Gasteiger partial charge is 0.193 e. The molecule has 0 aliphatic carbocycles. The summed E-state index contributed by atoms with van der Waals surface area (Å²) in [7, 11) is 0. The zero-order valence-electron chi connectivity index (χ0n) is 18.0. The standard InChI is InChI=1S/C28H30O2/c1-3-5-7-21-9-13-23(14-10-21)27(29)25-17-19-26(20-18-25)28(30)24-15-11-22(12-16-24)8-6-4-2/h9-20H,3-8H2,1-2H3. The third-order valence-corrected chi connectivity index (χ3v) is 5.48. The fourth-order valence-electron chi connectivity index (χ4n) is 3.51. The van der Waals surface area contributed by atoms with Gasteiger partial charge in [-0.3, -0.25) is 9.59 Å². The molecule has 30 heavy (non-hydrogen) atoms. The number of aryl methyl sites for hydroxylation is 2. The average molecular weight is 399 g/mol. The molecule has 0 N–H and O–H groups in total. The van der Waals surface area contributed by atoms with Gasteiger partial charge in [0.25, 0.3) is 0 Å². The van der Waals surface area contributed by atoms with Crippen LogP contribution < -0.4 is 0 Å². The molecular weight excluding hydrogens is 368 g/mol. The average Bonchev–Trinajstić information content (AvgIpc) is 2.81. The van der Waals surface area contributed by atoms with Crippen LogP contribution in [0.2, 0.25) is 0 Å². The maximum absolute atomic E-state index is 12.8. The van der Waals surface area contributed by atoms with Crippen molar-refractivity contribution in [3.8, 4) is 0 Å². The van der Waals surface area contributed by atoms with E-state index in [2.05, 4.69) is 13.8 Å². The van der Waals surface area contributed by atoms with E-state index in [1.165, 1.54) is 11.1 Å². The fraction of sp³-hybridized carbons (Fsp3) is 0.286. The van der Waals surface area contributed by atoms with Crippen LogP contribution in [-0.4, -0.2) is 11.6 Å². The van der Waals surface area contributed by atoms with Crippen LogP contribution >= 0.6 is 0 Å². The van der Waals surface area contributed by atoms with Crippen LogP contribution in [0.4, 0.5) is 0 Å². The minimum Gasteiger partial charge on any atom is -0.289 e. The molecule has 3 aromatic carbocycles. The van der Waals surface area contributed by atoms with Crippen LogP contribution in [0.25, 0.3) is 0 Å². The summed E-state index contributed by atoms with van der Waals surface area (Å²) in [5.41, 5.74) is 5.07. The molecule has 2 nitrogen and oxygen atoms in total. The lowest BCUT2D eigenvalue weighted by Crippen LogP contribution is -2.05. The van der Waals surface area contributed by atoms with E-state index in [1.807, 2.05) is 48.5 Å². The molecule has 0 bridgehead atoms. The number of hydrogen-bond donors (Lipinski definition) is 0. The van der Waals surface area contributed by atoms with Gasteiger partial charge >= 0.3 is 0 Å². The molecule has 0 unspecified atom stereocenters. The number of carbonyl (C=O) groups excluding carboxylic acids is 2. The molecular formula is C28H30O2. The Morgan fingerprint density at radius 3 is 1.03 bits per heavy atom. The van der Waals surface area contributed by atoms with Crippen LogP contribution in [0, 0.1) is 0 Å². The van der Waals surface area contributed by atoms with Crippen molar-refractivity contribution in [3.05, 3.63) is 106 Å². The SMILES string of the molecule is CCCCc1ccc(C(=O)c2ccc(C(=O)c3ccc(CCCC)cc3)cc2)cc1. The van der Waals surface area contributed by atoms with Gasteiger partial charge in [-0.05, 0) is 36.8 Å². The van der Waals surface area contributed by atoms with E-state index in [9.17, 15) is 9.59 Å². The monoisotopic (exact) mass is 398 g/mol. The number of carbonyl (C=O) groups is 2. The summed E-state index contributed by atoms with van der Waals surface area (Å²) < 4.78 is 0. The number of benzene rings is 3. The number of unbranched alkanes of at least 4 members (excludes halogenated alkanes) is 2. The zero-order valence-corrected chi connectivity index (χ0v) is 18.0. The zero-order chi connectivity index (χ0) is 21.3. The van der Waals surface area contributed by atoms with Crippen LogP contribution in [-0.2, 0) is 12.8 Å². The molecule has 3 rings (SSSR count). The second-order valence-electron chi connectivity index (χ2n) is 7.84. The highest BCUT2D eigenvalue weighted by atomic mass is 16.1. The highest BCUT2D eigenvalue weighted by Crippen LogP contribution is 2.16. The first-order valence-electron chi connectivity index (χ1n) is 11.0. The van der Waals surface area contributed by atoms with Crippen LogP contribution in [0.3, 0.4) is 0 Å². The number of rotatable bonds is 10. The van der Waals surface area contributed by atoms with E-state index in [0.717, 1.165) is 38.5 Å². The Morgan fingerprint density at radius 1 is 0.500 bits per heavy atom. The van der Waals surface area contributed by atoms with Gasteiger partial charge in [-0.25, -0.2) is 0 Å². The Bertz CT molecular complexity index is 882. The summed E-state index contributed by atoms with van der Waals surface area (Å²) >= 11 is 0. The van der Waals surface area contributed by atoms with Gasteiger partial charge in [-0.15, -0.1) is 0 Å². The van der Waals surface area contributed by atoms with E-state index in [1.54, 1.807) is 24.3 Å².